The van der Waals surface area contributed by atoms with Gasteiger partial charge in [0, 0.05) is 6.04 Å². The second-order valence-electron chi connectivity index (χ2n) is 4.22. The largest absolute Gasteiger partial charge is 0.479 e. The summed E-state index contributed by atoms with van der Waals surface area (Å²) < 4.78 is 23.2. The van der Waals surface area contributed by atoms with Gasteiger partial charge in [-0.25, -0.2) is 9.18 Å². The van der Waals surface area contributed by atoms with Gasteiger partial charge < -0.3 is 15.2 Å². The molecular weight excluding hydrogens is 237 g/mol. The second-order valence-corrected chi connectivity index (χ2v) is 4.22. The van der Waals surface area contributed by atoms with Gasteiger partial charge in [-0.15, -0.1) is 0 Å². The van der Waals surface area contributed by atoms with Crippen molar-refractivity contribution in [3.63, 3.8) is 0 Å². The number of carbonyl (C=O) groups is 1. The van der Waals surface area contributed by atoms with Crippen LogP contribution in [0.15, 0.2) is 18.2 Å². The number of benzene rings is 1. The van der Waals surface area contributed by atoms with E-state index in [4.69, 9.17) is 10.5 Å². The number of nitrogens with two attached hydrogens (primary N) is 1. The minimum Gasteiger partial charge on any atom is -0.479 e. The number of hydrogen-bond acceptors (Lipinski definition) is 4. The Balaban J connectivity index is 2.90. The number of esters is 1. The van der Waals surface area contributed by atoms with Crippen LogP contribution in [0, 0.1) is 5.82 Å². The van der Waals surface area contributed by atoms with Crippen molar-refractivity contribution >= 4 is 5.97 Å². The molecule has 0 heterocycles. The first-order valence-corrected chi connectivity index (χ1v) is 5.72. The molecule has 1 rings (SSSR count). The molecule has 2 atom stereocenters. The molecule has 2 N–H and O–H groups in total. The Hall–Kier alpha value is -1.62. The third kappa shape index (κ3) is 4.00. The summed E-state index contributed by atoms with van der Waals surface area (Å²) in [5, 5.41) is 0. The Morgan fingerprint density at radius 2 is 2.11 bits per heavy atom. The Labute approximate surface area is 106 Å². The highest BCUT2D eigenvalue weighted by molar-refractivity contribution is 5.74. The minimum atomic E-state index is -0.743. The molecule has 0 aromatic heterocycles. The molecule has 0 aliphatic rings. The van der Waals surface area contributed by atoms with E-state index in [0.717, 1.165) is 0 Å². The predicted octanol–water partition coefficient (Wildman–Crippen LogP) is 1.66. The molecule has 4 nitrogen and oxygen atoms in total. The van der Waals surface area contributed by atoms with E-state index in [1.165, 1.54) is 25.3 Å². The van der Waals surface area contributed by atoms with Gasteiger partial charge in [0.25, 0.3) is 0 Å². The Morgan fingerprint density at radius 3 is 2.67 bits per heavy atom. The normalized spacial score (nSPS) is 13.8. The van der Waals surface area contributed by atoms with Crippen molar-refractivity contribution in [1.82, 2.24) is 0 Å². The van der Waals surface area contributed by atoms with Gasteiger partial charge in [-0.05, 0) is 44.0 Å². The zero-order chi connectivity index (χ0) is 13.7. The van der Waals surface area contributed by atoms with Gasteiger partial charge in [-0.3, -0.25) is 0 Å². The van der Waals surface area contributed by atoms with Crippen LogP contribution in [-0.2, 0) is 16.0 Å². The molecule has 0 saturated heterocycles. The van der Waals surface area contributed by atoms with Crippen molar-refractivity contribution in [2.24, 2.45) is 5.73 Å². The number of methoxy groups -OCH3 is 1. The fraction of sp³-hybridized carbons (Fsp3) is 0.462. The summed E-state index contributed by atoms with van der Waals surface area (Å²) in [5.41, 5.74) is 6.33. The summed E-state index contributed by atoms with van der Waals surface area (Å²) in [5.74, 6) is -0.388. The molecule has 1 aromatic carbocycles. The first kappa shape index (κ1) is 14.4. The topological polar surface area (TPSA) is 61.5 Å². The number of rotatable bonds is 5. The average molecular weight is 255 g/mol. The zero-order valence-electron chi connectivity index (χ0n) is 10.8. The van der Waals surface area contributed by atoms with Gasteiger partial charge in [0.2, 0.25) is 0 Å². The van der Waals surface area contributed by atoms with Gasteiger partial charge in [-0.2, -0.15) is 0 Å². The van der Waals surface area contributed by atoms with Crippen LogP contribution in [0.1, 0.15) is 19.4 Å². The molecule has 0 fully saturated rings. The monoisotopic (exact) mass is 255 g/mol. The Kier molecular flexibility index (Phi) is 5.09. The van der Waals surface area contributed by atoms with Crippen LogP contribution in [-0.4, -0.2) is 25.2 Å². The first-order valence-electron chi connectivity index (χ1n) is 5.72. The Morgan fingerprint density at radius 1 is 1.44 bits per heavy atom. The van der Waals surface area contributed by atoms with Crippen LogP contribution < -0.4 is 10.5 Å². The van der Waals surface area contributed by atoms with E-state index in [1.807, 2.05) is 6.92 Å². The number of hydrogen-bond donors (Lipinski definition) is 1. The van der Waals surface area contributed by atoms with Gasteiger partial charge in [0.15, 0.2) is 6.10 Å². The summed E-state index contributed by atoms with van der Waals surface area (Å²) in [6.07, 6.45) is -0.270. The molecular formula is C13H18FNO3. The summed E-state index contributed by atoms with van der Waals surface area (Å²) in [7, 11) is 1.29. The van der Waals surface area contributed by atoms with E-state index in [-0.39, 0.29) is 11.9 Å². The van der Waals surface area contributed by atoms with E-state index < -0.39 is 12.1 Å². The SMILES string of the molecule is COC(=O)C(C)Oc1ccc(F)cc1CC(C)N. The molecule has 0 amide bonds. The van der Waals surface area contributed by atoms with Gasteiger partial charge in [0.05, 0.1) is 7.11 Å². The maximum Gasteiger partial charge on any atom is 0.346 e. The first-order chi connectivity index (χ1) is 8.43. The molecule has 18 heavy (non-hydrogen) atoms. The van der Waals surface area contributed by atoms with E-state index >= 15 is 0 Å². The van der Waals surface area contributed by atoms with Crippen LogP contribution >= 0.6 is 0 Å². The second kappa shape index (κ2) is 6.35. The van der Waals surface area contributed by atoms with Gasteiger partial charge in [-0.1, -0.05) is 0 Å². The average Bonchev–Trinajstić information content (AvgIpc) is 2.30. The fourth-order valence-corrected chi connectivity index (χ4v) is 1.57. The number of ether oxygens (including phenoxy) is 2. The van der Waals surface area contributed by atoms with E-state index in [2.05, 4.69) is 4.74 Å². The summed E-state index contributed by atoms with van der Waals surface area (Å²) in [6, 6.07) is 4.02. The molecule has 0 bridgehead atoms. The summed E-state index contributed by atoms with van der Waals surface area (Å²) in [6.45, 7) is 3.39. The van der Waals surface area contributed by atoms with E-state index in [9.17, 15) is 9.18 Å². The molecule has 100 valence electrons. The summed E-state index contributed by atoms with van der Waals surface area (Å²) in [4.78, 5) is 11.3. The van der Waals surface area contributed by atoms with Crippen LogP contribution in [0.2, 0.25) is 0 Å². The molecule has 0 aliphatic carbocycles. The number of halogens is 1. The molecule has 0 saturated carbocycles. The Bertz CT molecular complexity index is 421. The fourth-order valence-electron chi connectivity index (χ4n) is 1.57. The lowest BCUT2D eigenvalue weighted by Crippen LogP contribution is -2.26. The smallest absolute Gasteiger partial charge is 0.346 e. The molecule has 1 aromatic rings. The highest BCUT2D eigenvalue weighted by atomic mass is 19.1. The van der Waals surface area contributed by atoms with Crippen molar-refractivity contribution in [1.29, 1.82) is 0 Å². The standard InChI is InChI=1S/C13H18FNO3/c1-8(15)6-10-7-11(14)4-5-12(10)18-9(2)13(16)17-3/h4-5,7-9H,6,15H2,1-3H3. The maximum atomic E-state index is 13.2. The quantitative estimate of drug-likeness (QED) is 0.813. The highest BCUT2D eigenvalue weighted by Gasteiger charge is 2.17. The minimum absolute atomic E-state index is 0.123. The number of carbonyl (C=O) groups excluding carboxylic acids is 1. The van der Waals surface area contributed by atoms with E-state index in [0.29, 0.717) is 17.7 Å². The van der Waals surface area contributed by atoms with Crippen LogP contribution in [0.5, 0.6) is 5.75 Å². The highest BCUT2D eigenvalue weighted by Crippen LogP contribution is 2.22. The van der Waals surface area contributed by atoms with Crippen LogP contribution in [0.4, 0.5) is 4.39 Å². The lowest BCUT2D eigenvalue weighted by molar-refractivity contribution is -0.147. The lowest BCUT2D eigenvalue weighted by atomic mass is 10.1. The third-order valence-electron chi connectivity index (χ3n) is 2.40. The van der Waals surface area contributed by atoms with Crippen molar-refractivity contribution < 1.29 is 18.7 Å². The molecule has 0 spiro atoms. The van der Waals surface area contributed by atoms with Crippen LogP contribution in [0.3, 0.4) is 0 Å². The van der Waals surface area contributed by atoms with Crippen molar-refractivity contribution in [3.05, 3.63) is 29.6 Å². The van der Waals surface area contributed by atoms with Gasteiger partial charge >= 0.3 is 5.97 Å². The van der Waals surface area contributed by atoms with Crippen LogP contribution in [0.25, 0.3) is 0 Å². The summed E-state index contributed by atoms with van der Waals surface area (Å²) >= 11 is 0. The maximum absolute atomic E-state index is 13.2. The predicted molar refractivity (Wildman–Crippen MR) is 65.9 cm³/mol. The third-order valence-corrected chi connectivity index (χ3v) is 2.40. The zero-order valence-corrected chi connectivity index (χ0v) is 10.8. The van der Waals surface area contributed by atoms with E-state index in [1.54, 1.807) is 6.92 Å². The van der Waals surface area contributed by atoms with Gasteiger partial charge in [0.1, 0.15) is 11.6 Å². The van der Waals surface area contributed by atoms with Crippen molar-refractivity contribution in [3.8, 4) is 5.75 Å². The molecule has 5 heteroatoms. The molecule has 0 radical (unpaired) electrons. The van der Waals surface area contributed by atoms with Crippen molar-refractivity contribution in [2.75, 3.05) is 7.11 Å². The lowest BCUT2D eigenvalue weighted by Gasteiger charge is -2.16. The molecule has 0 aliphatic heterocycles. The van der Waals surface area contributed by atoms with Crippen molar-refractivity contribution in [2.45, 2.75) is 32.4 Å². The molecule has 2 unspecified atom stereocenters.